The Hall–Kier alpha value is -1.46. The molecular formula is C13H20F3N3. The van der Waals surface area contributed by atoms with Crippen molar-refractivity contribution in [2.75, 3.05) is 24.3 Å². The first kappa shape index (κ1) is 15.6. The Kier molecular flexibility index (Phi) is 5.03. The van der Waals surface area contributed by atoms with Crippen LogP contribution in [0.4, 0.5) is 24.8 Å². The zero-order valence-electron chi connectivity index (χ0n) is 11.7. The third kappa shape index (κ3) is 4.01. The van der Waals surface area contributed by atoms with E-state index in [2.05, 4.69) is 10.3 Å². The summed E-state index contributed by atoms with van der Waals surface area (Å²) < 4.78 is 38.5. The first-order chi connectivity index (χ1) is 8.79. The van der Waals surface area contributed by atoms with Crippen molar-refractivity contribution in [3.05, 3.63) is 17.7 Å². The predicted molar refractivity (Wildman–Crippen MR) is 71.6 cm³/mol. The predicted octanol–water partition coefficient (Wildman–Crippen LogP) is 3.77. The Bertz CT molecular complexity index is 418. The van der Waals surface area contributed by atoms with E-state index in [9.17, 15) is 13.2 Å². The highest BCUT2D eigenvalue weighted by Gasteiger charge is 2.32. The largest absolute Gasteiger partial charge is 0.416 e. The standard InChI is InChI=1S/C13H20F3N3/c1-5-6-9(2)19(4)12-8-10(13(14,15)16)7-11(17-3)18-12/h7-9H,5-6H2,1-4H3,(H,17,18). The zero-order valence-corrected chi connectivity index (χ0v) is 11.7. The maximum Gasteiger partial charge on any atom is 0.416 e. The van der Waals surface area contributed by atoms with Gasteiger partial charge in [-0.3, -0.25) is 0 Å². The molecule has 1 atom stereocenters. The number of halogens is 3. The Morgan fingerprint density at radius 3 is 2.47 bits per heavy atom. The van der Waals surface area contributed by atoms with E-state index in [1.54, 1.807) is 19.0 Å². The summed E-state index contributed by atoms with van der Waals surface area (Å²) in [6, 6.07) is 2.25. The highest BCUT2D eigenvalue weighted by atomic mass is 19.4. The maximum atomic E-state index is 12.8. The smallest absolute Gasteiger partial charge is 0.373 e. The van der Waals surface area contributed by atoms with Crippen molar-refractivity contribution < 1.29 is 13.2 Å². The molecule has 0 amide bonds. The molecule has 0 aliphatic carbocycles. The number of hydrogen-bond acceptors (Lipinski definition) is 3. The second-order valence-corrected chi connectivity index (χ2v) is 4.60. The fraction of sp³-hybridized carbons (Fsp3) is 0.615. The molecule has 0 fully saturated rings. The van der Waals surface area contributed by atoms with Crippen molar-refractivity contribution in [3.8, 4) is 0 Å². The summed E-state index contributed by atoms with van der Waals surface area (Å²) in [6.45, 7) is 4.02. The third-order valence-electron chi connectivity index (χ3n) is 3.12. The minimum Gasteiger partial charge on any atom is -0.373 e. The van der Waals surface area contributed by atoms with Gasteiger partial charge in [-0.2, -0.15) is 13.2 Å². The molecule has 1 N–H and O–H groups in total. The Labute approximate surface area is 111 Å². The van der Waals surface area contributed by atoms with Crippen LogP contribution in [0.3, 0.4) is 0 Å². The van der Waals surface area contributed by atoms with Crippen molar-refractivity contribution in [3.63, 3.8) is 0 Å². The van der Waals surface area contributed by atoms with Crippen LogP contribution in [0, 0.1) is 0 Å². The maximum absolute atomic E-state index is 12.8. The van der Waals surface area contributed by atoms with E-state index in [1.807, 2.05) is 13.8 Å². The van der Waals surface area contributed by atoms with E-state index in [-0.39, 0.29) is 11.9 Å². The summed E-state index contributed by atoms with van der Waals surface area (Å²) in [5, 5.41) is 2.67. The van der Waals surface area contributed by atoms with Crippen LogP contribution in [-0.2, 0) is 6.18 Å². The topological polar surface area (TPSA) is 28.2 Å². The lowest BCUT2D eigenvalue weighted by Gasteiger charge is -2.26. The average Bonchev–Trinajstić information content (AvgIpc) is 2.36. The SMILES string of the molecule is CCCC(C)N(C)c1cc(C(F)(F)F)cc(NC)n1. The van der Waals surface area contributed by atoms with Crippen LogP contribution in [0.1, 0.15) is 32.3 Å². The third-order valence-corrected chi connectivity index (χ3v) is 3.12. The molecule has 108 valence electrons. The van der Waals surface area contributed by atoms with Crippen molar-refractivity contribution in [2.24, 2.45) is 0 Å². The Morgan fingerprint density at radius 2 is 2.00 bits per heavy atom. The van der Waals surface area contributed by atoms with Crippen LogP contribution >= 0.6 is 0 Å². The molecule has 0 aliphatic heterocycles. The van der Waals surface area contributed by atoms with E-state index in [0.29, 0.717) is 5.82 Å². The highest BCUT2D eigenvalue weighted by molar-refractivity contribution is 5.51. The number of hydrogen-bond donors (Lipinski definition) is 1. The number of nitrogens with zero attached hydrogens (tertiary/aromatic N) is 2. The van der Waals surface area contributed by atoms with Crippen LogP contribution in [0.2, 0.25) is 0 Å². The van der Waals surface area contributed by atoms with Crippen molar-refractivity contribution in [1.29, 1.82) is 0 Å². The molecular weight excluding hydrogens is 255 g/mol. The molecule has 1 heterocycles. The van der Waals surface area contributed by atoms with E-state index in [0.717, 1.165) is 25.0 Å². The highest BCUT2D eigenvalue weighted by Crippen LogP contribution is 2.33. The molecule has 3 nitrogen and oxygen atoms in total. The lowest BCUT2D eigenvalue weighted by Crippen LogP contribution is -2.29. The van der Waals surface area contributed by atoms with Gasteiger partial charge in [0.2, 0.25) is 0 Å². The lowest BCUT2D eigenvalue weighted by molar-refractivity contribution is -0.137. The van der Waals surface area contributed by atoms with Gasteiger partial charge in [0, 0.05) is 20.1 Å². The quantitative estimate of drug-likeness (QED) is 0.886. The molecule has 0 saturated carbocycles. The van der Waals surface area contributed by atoms with Crippen molar-refractivity contribution in [2.45, 2.75) is 38.9 Å². The monoisotopic (exact) mass is 275 g/mol. The van der Waals surface area contributed by atoms with Crippen molar-refractivity contribution in [1.82, 2.24) is 4.98 Å². The molecule has 0 radical (unpaired) electrons. The minimum absolute atomic E-state index is 0.144. The van der Waals surface area contributed by atoms with Gasteiger partial charge in [-0.25, -0.2) is 4.98 Å². The molecule has 1 unspecified atom stereocenters. The van der Waals surface area contributed by atoms with Crippen LogP contribution in [0.15, 0.2) is 12.1 Å². The first-order valence-corrected chi connectivity index (χ1v) is 6.29. The van der Waals surface area contributed by atoms with Gasteiger partial charge in [0.25, 0.3) is 0 Å². The molecule has 6 heteroatoms. The normalized spacial score (nSPS) is 13.2. The van der Waals surface area contributed by atoms with Gasteiger partial charge in [0.05, 0.1) is 5.56 Å². The number of anilines is 2. The molecule has 0 saturated heterocycles. The number of pyridine rings is 1. The van der Waals surface area contributed by atoms with E-state index < -0.39 is 11.7 Å². The lowest BCUT2D eigenvalue weighted by atomic mass is 10.1. The van der Waals surface area contributed by atoms with Gasteiger partial charge in [-0.1, -0.05) is 13.3 Å². The average molecular weight is 275 g/mol. The fourth-order valence-electron chi connectivity index (χ4n) is 1.83. The Morgan fingerprint density at radius 1 is 1.37 bits per heavy atom. The van der Waals surface area contributed by atoms with E-state index in [4.69, 9.17) is 0 Å². The van der Waals surface area contributed by atoms with Crippen LogP contribution in [0.25, 0.3) is 0 Å². The van der Waals surface area contributed by atoms with Crippen LogP contribution in [0.5, 0.6) is 0 Å². The van der Waals surface area contributed by atoms with Gasteiger partial charge in [-0.05, 0) is 25.5 Å². The van der Waals surface area contributed by atoms with E-state index in [1.165, 1.54) is 0 Å². The van der Waals surface area contributed by atoms with E-state index >= 15 is 0 Å². The van der Waals surface area contributed by atoms with Gasteiger partial charge in [0.1, 0.15) is 11.6 Å². The van der Waals surface area contributed by atoms with Crippen LogP contribution < -0.4 is 10.2 Å². The molecule has 0 aromatic carbocycles. The number of alkyl halides is 3. The molecule has 0 spiro atoms. The number of nitrogens with one attached hydrogen (secondary N) is 1. The molecule has 0 bridgehead atoms. The summed E-state index contributed by atoms with van der Waals surface area (Å²) in [6.07, 6.45) is -2.48. The summed E-state index contributed by atoms with van der Waals surface area (Å²) in [5.41, 5.74) is -0.683. The molecule has 19 heavy (non-hydrogen) atoms. The molecule has 1 aromatic heterocycles. The summed E-state index contributed by atoms with van der Waals surface area (Å²) in [5.74, 6) is 0.556. The van der Waals surface area contributed by atoms with Crippen LogP contribution in [-0.4, -0.2) is 25.1 Å². The van der Waals surface area contributed by atoms with Gasteiger partial charge >= 0.3 is 6.18 Å². The summed E-state index contributed by atoms with van der Waals surface area (Å²) in [4.78, 5) is 5.96. The summed E-state index contributed by atoms with van der Waals surface area (Å²) in [7, 11) is 3.32. The van der Waals surface area contributed by atoms with Gasteiger partial charge in [0.15, 0.2) is 0 Å². The van der Waals surface area contributed by atoms with Crippen molar-refractivity contribution >= 4 is 11.6 Å². The number of aromatic nitrogens is 1. The van der Waals surface area contributed by atoms with Gasteiger partial charge < -0.3 is 10.2 Å². The Balaban J connectivity index is 3.13. The molecule has 1 aromatic rings. The minimum atomic E-state index is -4.36. The second kappa shape index (κ2) is 6.12. The first-order valence-electron chi connectivity index (χ1n) is 6.29. The second-order valence-electron chi connectivity index (χ2n) is 4.60. The zero-order chi connectivity index (χ0) is 14.6. The fourth-order valence-corrected chi connectivity index (χ4v) is 1.83. The molecule has 0 aliphatic rings. The molecule has 1 rings (SSSR count). The van der Waals surface area contributed by atoms with Gasteiger partial charge in [-0.15, -0.1) is 0 Å². The summed E-state index contributed by atoms with van der Waals surface area (Å²) >= 11 is 0. The number of rotatable bonds is 5.